The van der Waals surface area contributed by atoms with Crippen LogP contribution in [0.5, 0.6) is 0 Å². The van der Waals surface area contributed by atoms with Gasteiger partial charge in [0, 0.05) is 12.7 Å². The zero-order valence-electron chi connectivity index (χ0n) is 12.8. The third-order valence-electron chi connectivity index (χ3n) is 2.89. The largest absolute Gasteiger partial charge is 0.416 e. The Labute approximate surface area is 126 Å². The maximum atomic E-state index is 12.9. The van der Waals surface area contributed by atoms with Crippen molar-refractivity contribution >= 4 is 16.7 Å². The maximum absolute atomic E-state index is 12.9. The van der Waals surface area contributed by atoms with Gasteiger partial charge in [-0.25, -0.2) is 4.21 Å². The van der Waals surface area contributed by atoms with Gasteiger partial charge in [-0.2, -0.15) is 13.2 Å². The molecule has 1 unspecified atom stereocenters. The van der Waals surface area contributed by atoms with Crippen LogP contribution < -0.4 is 0 Å². The first kappa shape index (κ1) is 17.8. The van der Waals surface area contributed by atoms with Gasteiger partial charge in [0.15, 0.2) is 0 Å². The lowest BCUT2D eigenvalue weighted by Crippen LogP contribution is -2.33. The Bertz CT molecular complexity index is 573. The lowest BCUT2D eigenvalue weighted by atomic mass is 10.0. The molecule has 0 fully saturated rings. The summed E-state index contributed by atoms with van der Waals surface area (Å²) in [4.78, 5) is 0. The van der Waals surface area contributed by atoms with Gasteiger partial charge in [0.25, 0.3) is 0 Å². The van der Waals surface area contributed by atoms with Crippen molar-refractivity contribution in [1.82, 2.24) is 4.31 Å². The van der Waals surface area contributed by atoms with E-state index in [1.807, 2.05) is 0 Å². The highest BCUT2D eigenvalue weighted by Gasteiger charge is 2.32. The zero-order valence-corrected chi connectivity index (χ0v) is 13.7. The van der Waals surface area contributed by atoms with E-state index in [4.69, 9.17) is 0 Å². The van der Waals surface area contributed by atoms with Gasteiger partial charge in [-0.1, -0.05) is 6.58 Å². The summed E-state index contributed by atoms with van der Waals surface area (Å²) < 4.78 is 51.8. The SMILES string of the molecule is C=C(c1cc(C)cc(C(F)(F)F)c1)N(C)S(=O)C(C)(C)C. The monoisotopic (exact) mass is 319 g/mol. The third-order valence-corrected chi connectivity index (χ3v) is 4.66. The van der Waals surface area contributed by atoms with E-state index in [1.54, 1.807) is 40.8 Å². The Hall–Kier alpha value is -1.30. The summed E-state index contributed by atoms with van der Waals surface area (Å²) in [5.41, 5.74) is 0.379. The first-order chi connectivity index (χ1) is 9.34. The molecular formula is C15H20F3NOS. The van der Waals surface area contributed by atoms with Gasteiger partial charge in [-0.05, 0) is 57.0 Å². The molecule has 0 spiro atoms. The number of hydrogen-bond acceptors (Lipinski definition) is 1. The summed E-state index contributed by atoms with van der Waals surface area (Å²) in [5, 5.41) is 0. The van der Waals surface area contributed by atoms with Crippen molar-refractivity contribution in [2.75, 3.05) is 7.05 Å². The van der Waals surface area contributed by atoms with Crippen LogP contribution in [0.15, 0.2) is 24.8 Å². The van der Waals surface area contributed by atoms with Crippen LogP contribution in [-0.4, -0.2) is 20.3 Å². The molecule has 0 aliphatic carbocycles. The standard InChI is InChI=1S/C15H20F3NOS/c1-10-7-12(9-13(8-10)15(16,17)18)11(2)19(6)21(20)14(3,4)5/h7-9H,2H2,1,3-6H3. The molecule has 0 bridgehead atoms. The minimum atomic E-state index is -4.41. The number of aryl methyl sites for hydroxylation is 1. The van der Waals surface area contributed by atoms with E-state index in [0.29, 0.717) is 16.8 Å². The molecule has 0 N–H and O–H groups in total. The van der Waals surface area contributed by atoms with E-state index in [1.165, 1.54) is 4.31 Å². The summed E-state index contributed by atoms with van der Waals surface area (Å²) >= 11 is 0. The van der Waals surface area contributed by atoms with Crippen LogP contribution >= 0.6 is 0 Å². The van der Waals surface area contributed by atoms with E-state index < -0.39 is 27.5 Å². The Kier molecular flexibility index (Phi) is 4.93. The predicted octanol–water partition coefficient (Wildman–Crippen LogP) is 4.38. The second kappa shape index (κ2) is 5.83. The number of nitrogens with zero attached hydrogens (tertiary/aromatic N) is 1. The Balaban J connectivity index is 3.20. The molecule has 6 heteroatoms. The lowest BCUT2D eigenvalue weighted by molar-refractivity contribution is -0.137. The van der Waals surface area contributed by atoms with Gasteiger partial charge in [0.1, 0.15) is 11.0 Å². The first-order valence-corrected chi connectivity index (χ1v) is 7.48. The van der Waals surface area contributed by atoms with Gasteiger partial charge in [0.2, 0.25) is 0 Å². The molecule has 1 aromatic carbocycles. The Morgan fingerprint density at radius 3 is 2.14 bits per heavy atom. The number of rotatable bonds is 3. The first-order valence-electron chi connectivity index (χ1n) is 6.38. The predicted molar refractivity (Wildman–Crippen MR) is 80.9 cm³/mol. The van der Waals surface area contributed by atoms with Crippen LogP contribution in [0.3, 0.4) is 0 Å². The normalized spacial score (nSPS) is 13.9. The smallest absolute Gasteiger partial charge is 0.294 e. The van der Waals surface area contributed by atoms with Crippen molar-refractivity contribution in [3.63, 3.8) is 0 Å². The molecule has 0 radical (unpaired) electrons. The minimum Gasteiger partial charge on any atom is -0.294 e. The van der Waals surface area contributed by atoms with Crippen molar-refractivity contribution in [1.29, 1.82) is 0 Å². The molecule has 0 aliphatic heterocycles. The fourth-order valence-corrected chi connectivity index (χ4v) is 2.93. The van der Waals surface area contributed by atoms with Gasteiger partial charge in [-0.3, -0.25) is 4.31 Å². The fraction of sp³-hybridized carbons (Fsp3) is 0.467. The molecule has 1 aromatic rings. The molecule has 0 saturated carbocycles. The molecule has 0 amide bonds. The van der Waals surface area contributed by atoms with Crippen molar-refractivity contribution in [2.24, 2.45) is 0 Å². The molecule has 1 atom stereocenters. The van der Waals surface area contributed by atoms with E-state index in [9.17, 15) is 17.4 Å². The summed E-state index contributed by atoms with van der Waals surface area (Å²) in [7, 11) is 0.174. The van der Waals surface area contributed by atoms with Crippen LogP contribution in [0.1, 0.15) is 37.5 Å². The van der Waals surface area contributed by atoms with Crippen LogP contribution in [0.25, 0.3) is 5.70 Å². The van der Waals surface area contributed by atoms with E-state index in [0.717, 1.165) is 12.1 Å². The van der Waals surface area contributed by atoms with E-state index in [2.05, 4.69) is 6.58 Å². The Morgan fingerprint density at radius 1 is 1.19 bits per heavy atom. The number of halogens is 3. The average Bonchev–Trinajstić information content (AvgIpc) is 2.33. The van der Waals surface area contributed by atoms with Crippen LogP contribution in [-0.2, 0) is 17.2 Å². The Morgan fingerprint density at radius 2 is 1.71 bits per heavy atom. The van der Waals surface area contributed by atoms with Crippen molar-refractivity contribution in [3.8, 4) is 0 Å². The minimum absolute atomic E-state index is 0.303. The fourth-order valence-electron chi connectivity index (χ4n) is 1.81. The van der Waals surface area contributed by atoms with Crippen LogP contribution in [0.4, 0.5) is 13.2 Å². The van der Waals surface area contributed by atoms with Crippen molar-refractivity contribution in [3.05, 3.63) is 41.5 Å². The van der Waals surface area contributed by atoms with Crippen LogP contribution in [0.2, 0.25) is 0 Å². The molecular weight excluding hydrogens is 299 g/mol. The molecule has 1 rings (SSSR count). The van der Waals surface area contributed by atoms with Gasteiger partial charge >= 0.3 is 6.18 Å². The second-order valence-corrected chi connectivity index (χ2v) is 8.16. The highest BCUT2D eigenvalue weighted by molar-refractivity contribution is 7.84. The van der Waals surface area contributed by atoms with Crippen LogP contribution in [0, 0.1) is 6.92 Å². The summed E-state index contributed by atoms with van der Waals surface area (Å²) in [5.74, 6) is 0. The van der Waals surface area contributed by atoms with E-state index >= 15 is 0 Å². The van der Waals surface area contributed by atoms with Crippen molar-refractivity contribution < 1.29 is 17.4 Å². The molecule has 0 aromatic heterocycles. The van der Waals surface area contributed by atoms with Gasteiger partial charge < -0.3 is 0 Å². The maximum Gasteiger partial charge on any atom is 0.416 e. The number of alkyl halides is 3. The molecule has 118 valence electrons. The highest BCUT2D eigenvalue weighted by atomic mass is 32.2. The third kappa shape index (κ3) is 4.33. The molecule has 0 heterocycles. The lowest BCUT2D eigenvalue weighted by Gasteiger charge is -2.28. The summed E-state index contributed by atoms with van der Waals surface area (Å²) in [6.45, 7) is 10.8. The van der Waals surface area contributed by atoms with Gasteiger partial charge in [0.05, 0.1) is 10.3 Å². The zero-order chi connectivity index (χ0) is 16.6. The molecule has 21 heavy (non-hydrogen) atoms. The molecule has 0 saturated heterocycles. The van der Waals surface area contributed by atoms with E-state index in [-0.39, 0.29) is 0 Å². The molecule has 2 nitrogen and oxygen atoms in total. The average molecular weight is 319 g/mol. The van der Waals surface area contributed by atoms with Gasteiger partial charge in [-0.15, -0.1) is 0 Å². The topological polar surface area (TPSA) is 20.3 Å². The highest BCUT2D eigenvalue weighted by Crippen LogP contribution is 2.33. The van der Waals surface area contributed by atoms with Crippen molar-refractivity contribution in [2.45, 2.75) is 38.6 Å². The second-order valence-electron chi connectivity index (χ2n) is 5.89. The number of hydrogen-bond donors (Lipinski definition) is 0. The summed E-state index contributed by atoms with van der Waals surface area (Å²) in [6.07, 6.45) is -4.41. The quantitative estimate of drug-likeness (QED) is 0.810. The summed E-state index contributed by atoms with van der Waals surface area (Å²) in [6, 6.07) is 3.72. The molecule has 0 aliphatic rings. The number of benzene rings is 1.